The zero-order valence-electron chi connectivity index (χ0n) is 20.5. The predicted octanol–water partition coefficient (Wildman–Crippen LogP) is 8.24. The summed E-state index contributed by atoms with van der Waals surface area (Å²) in [5.74, 6) is 1.43. The second-order valence-corrected chi connectivity index (χ2v) is 9.15. The van der Waals surface area contributed by atoms with E-state index in [2.05, 4.69) is 117 Å². The van der Waals surface area contributed by atoms with Crippen LogP contribution in [0.15, 0.2) is 134 Å². The first-order valence-corrected chi connectivity index (χ1v) is 12.6. The van der Waals surface area contributed by atoms with Gasteiger partial charge in [0.15, 0.2) is 11.6 Å². The molecule has 0 bridgehead atoms. The summed E-state index contributed by atoms with van der Waals surface area (Å²) < 4.78 is 0. The van der Waals surface area contributed by atoms with Gasteiger partial charge >= 0.3 is 0 Å². The minimum atomic E-state index is 0.714. The summed E-state index contributed by atoms with van der Waals surface area (Å²) in [7, 11) is 0. The molecule has 0 saturated heterocycles. The number of hydrogen-bond donors (Lipinski definition) is 0. The quantitative estimate of drug-likeness (QED) is 0.235. The lowest BCUT2D eigenvalue weighted by molar-refractivity contribution is 1.18. The van der Waals surface area contributed by atoms with Gasteiger partial charge in [0.05, 0.1) is 0 Å². The predicted molar refractivity (Wildman–Crippen MR) is 154 cm³/mol. The number of aromatic nitrogens is 4. The van der Waals surface area contributed by atoms with Crippen molar-refractivity contribution in [1.29, 1.82) is 0 Å². The van der Waals surface area contributed by atoms with Crippen LogP contribution >= 0.6 is 0 Å². The summed E-state index contributed by atoms with van der Waals surface area (Å²) in [6.45, 7) is 0. The molecule has 0 saturated carbocycles. The molecule has 38 heavy (non-hydrogen) atoms. The third-order valence-electron chi connectivity index (χ3n) is 6.89. The van der Waals surface area contributed by atoms with E-state index < -0.39 is 0 Å². The molecule has 178 valence electrons. The van der Waals surface area contributed by atoms with Crippen LogP contribution in [0.25, 0.3) is 66.6 Å². The Labute approximate surface area is 220 Å². The van der Waals surface area contributed by atoms with Crippen molar-refractivity contribution in [3.8, 4) is 45.0 Å². The molecule has 0 amide bonds. The molecule has 7 aromatic rings. The van der Waals surface area contributed by atoms with Crippen molar-refractivity contribution < 1.29 is 0 Å². The molecule has 0 radical (unpaired) electrons. The SMILES string of the molecule is c1ccc(-c2c3ccc(-c4ncccn4)cc3c(-c3ccccc3)c3ccc(-c4ncccn4)cc23)cc1. The Hall–Kier alpha value is -5.22. The lowest BCUT2D eigenvalue weighted by Crippen LogP contribution is -1.94. The van der Waals surface area contributed by atoms with Gasteiger partial charge in [-0.2, -0.15) is 0 Å². The van der Waals surface area contributed by atoms with Crippen molar-refractivity contribution in [2.24, 2.45) is 0 Å². The fourth-order valence-corrected chi connectivity index (χ4v) is 5.23. The van der Waals surface area contributed by atoms with E-state index in [-0.39, 0.29) is 0 Å². The smallest absolute Gasteiger partial charge is 0.159 e. The van der Waals surface area contributed by atoms with Crippen LogP contribution in [0.3, 0.4) is 0 Å². The fourth-order valence-electron chi connectivity index (χ4n) is 5.23. The molecular formula is C34H22N4. The van der Waals surface area contributed by atoms with E-state index in [9.17, 15) is 0 Å². The van der Waals surface area contributed by atoms with E-state index in [0.29, 0.717) is 11.6 Å². The Balaban J connectivity index is 1.64. The van der Waals surface area contributed by atoms with Gasteiger partial charge in [-0.25, -0.2) is 19.9 Å². The highest BCUT2D eigenvalue weighted by Gasteiger charge is 2.18. The van der Waals surface area contributed by atoms with Crippen molar-refractivity contribution in [3.63, 3.8) is 0 Å². The Morgan fingerprint density at radius 1 is 0.316 bits per heavy atom. The third kappa shape index (κ3) is 3.80. The van der Waals surface area contributed by atoms with Crippen LogP contribution in [-0.2, 0) is 0 Å². The monoisotopic (exact) mass is 486 g/mol. The summed E-state index contributed by atoms with van der Waals surface area (Å²) in [4.78, 5) is 18.1. The molecule has 7 rings (SSSR count). The van der Waals surface area contributed by atoms with Gasteiger partial charge in [0.2, 0.25) is 0 Å². The van der Waals surface area contributed by atoms with Crippen LogP contribution in [0.4, 0.5) is 0 Å². The number of fused-ring (bicyclic) bond motifs is 2. The van der Waals surface area contributed by atoms with Crippen LogP contribution in [-0.4, -0.2) is 19.9 Å². The molecule has 2 heterocycles. The third-order valence-corrected chi connectivity index (χ3v) is 6.89. The Kier molecular flexibility index (Phi) is 5.41. The molecule has 0 aliphatic carbocycles. The van der Waals surface area contributed by atoms with Gasteiger partial charge in [0, 0.05) is 35.9 Å². The van der Waals surface area contributed by atoms with E-state index in [0.717, 1.165) is 33.0 Å². The Bertz CT molecular complexity index is 1740. The van der Waals surface area contributed by atoms with E-state index in [4.69, 9.17) is 0 Å². The number of nitrogens with zero attached hydrogens (tertiary/aromatic N) is 4. The second kappa shape index (κ2) is 9.34. The van der Waals surface area contributed by atoms with Gasteiger partial charge in [-0.1, -0.05) is 84.9 Å². The van der Waals surface area contributed by atoms with Gasteiger partial charge in [-0.15, -0.1) is 0 Å². The molecular weight excluding hydrogens is 464 g/mol. The lowest BCUT2D eigenvalue weighted by atomic mass is 9.84. The van der Waals surface area contributed by atoms with Gasteiger partial charge in [0.25, 0.3) is 0 Å². The number of rotatable bonds is 4. The largest absolute Gasteiger partial charge is 0.237 e. The molecule has 5 aromatic carbocycles. The van der Waals surface area contributed by atoms with Crippen LogP contribution in [0.5, 0.6) is 0 Å². The molecule has 0 unspecified atom stereocenters. The van der Waals surface area contributed by atoms with Gasteiger partial charge in [-0.3, -0.25) is 0 Å². The van der Waals surface area contributed by atoms with Crippen LogP contribution in [0, 0.1) is 0 Å². The molecule has 0 aliphatic heterocycles. The maximum Gasteiger partial charge on any atom is 0.159 e. The van der Waals surface area contributed by atoms with E-state index in [1.165, 1.54) is 21.9 Å². The van der Waals surface area contributed by atoms with E-state index >= 15 is 0 Å². The zero-order valence-corrected chi connectivity index (χ0v) is 20.5. The maximum absolute atomic E-state index is 4.52. The molecule has 0 N–H and O–H groups in total. The first-order valence-electron chi connectivity index (χ1n) is 12.6. The highest BCUT2D eigenvalue weighted by molar-refractivity contribution is 6.22. The highest BCUT2D eigenvalue weighted by Crippen LogP contribution is 2.45. The normalized spacial score (nSPS) is 11.2. The van der Waals surface area contributed by atoms with Crippen molar-refractivity contribution in [2.75, 3.05) is 0 Å². The average Bonchev–Trinajstić information content (AvgIpc) is 3.01. The molecule has 2 aromatic heterocycles. The first-order chi connectivity index (χ1) is 18.9. The van der Waals surface area contributed by atoms with Crippen molar-refractivity contribution >= 4 is 21.5 Å². The van der Waals surface area contributed by atoms with Crippen molar-refractivity contribution in [1.82, 2.24) is 19.9 Å². The molecule has 0 aliphatic rings. The summed E-state index contributed by atoms with van der Waals surface area (Å²) in [6.07, 6.45) is 7.14. The Morgan fingerprint density at radius 2 is 0.711 bits per heavy atom. The standard InChI is InChI=1S/C34H22N4/c1-3-9-23(10-4-1)31-27-15-13-26(34-37-19-8-20-38-34)22-30(27)32(24-11-5-2-6-12-24)28-16-14-25(21-29(28)31)33-35-17-7-18-36-33/h1-22H. The van der Waals surface area contributed by atoms with Crippen molar-refractivity contribution in [2.45, 2.75) is 0 Å². The van der Waals surface area contributed by atoms with Gasteiger partial charge in [0.1, 0.15) is 0 Å². The van der Waals surface area contributed by atoms with Crippen LogP contribution in [0.2, 0.25) is 0 Å². The topological polar surface area (TPSA) is 51.6 Å². The van der Waals surface area contributed by atoms with E-state index in [1.807, 2.05) is 12.1 Å². The highest BCUT2D eigenvalue weighted by atomic mass is 14.9. The summed E-state index contributed by atoms with van der Waals surface area (Å²) in [6, 6.07) is 38.0. The van der Waals surface area contributed by atoms with Crippen LogP contribution < -0.4 is 0 Å². The average molecular weight is 487 g/mol. The van der Waals surface area contributed by atoms with Gasteiger partial charge in [-0.05, 0) is 68.1 Å². The fraction of sp³-hybridized carbons (Fsp3) is 0. The number of benzene rings is 5. The molecule has 0 fully saturated rings. The summed E-state index contributed by atoms with van der Waals surface area (Å²) >= 11 is 0. The van der Waals surface area contributed by atoms with Gasteiger partial charge < -0.3 is 0 Å². The van der Waals surface area contributed by atoms with Crippen LogP contribution in [0.1, 0.15) is 0 Å². The molecule has 0 spiro atoms. The Morgan fingerprint density at radius 3 is 1.11 bits per heavy atom. The molecule has 4 heteroatoms. The zero-order chi connectivity index (χ0) is 25.3. The molecule has 4 nitrogen and oxygen atoms in total. The van der Waals surface area contributed by atoms with E-state index in [1.54, 1.807) is 24.8 Å². The maximum atomic E-state index is 4.52. The summed E-state index contributed by atoms with van der Waals surface area (Å²) in [5, 5.41) is 4.68. The number of hydrogen-bond acceptors (Lipinski definition) is 4. The minimum absolute atomic E-state index is 0.714. The van der Waals surface area contributed by atoms with Crippen molar-refractivity contribution in [3.05, 3.63) is 134 Å². The minimum Gasteiger partial charge on any atom is -0.237 e. The summed E-state index contributed by atoms with van der Waals surface area (Å²) in [5.41, 5.74) is 6.68. The first kappa shape index (κ1) is 22.0. The molecule has 0 atom stereocenters. The second-order valence-electron chi connectivity index (χ2n) is 9.15. The lowest BCUT2D eigenvalue weighted by Gasteiger charge is -2.19.